The van der Waals surface area contributed by atoms with Crippen molar-refractivity contribution in [3.8, 4) is 11.5 Å². The summed E-state index contributed by atoms with van der Waals surface area (Å²) in [6.45, 7) is 0.351. The maximum absolute atomic E-state index is 12.7. The zero-order valence-corrected chi connectivity index (χ0v) is 16.4. The minimum Gasteiger partial charge on any atom is -0.456 e. The van der Waals surface area contributed by atoms with Crippen molar-refractivity contribution in [1.82, 2.24) is 5.32 Å². The molecule has 1 N–H and O–H groups in total. The van der Waals surface area contributed by atoms with Gasteiger partial charge in [0.15, 0.2) is 0 Å². The quantitative estimate of drug-likeness (QED) is 0.338. The number of nitrogens with one attached hydrogen (secondary N) is 1. The average molecular weight is 482 g/mol. The maximum atomic E-state index is 12.7. The van der Waals surface area contributed by atoms with E-state index in [2.05, 4.69) is 21.2 Å². The van der Waals surface area contributed by atoms with Crippen molar-refractivity contribution in [2.45, 2.75) is 12.6 Å². The number of hydrogen-bond acceptors (Lipinski definition) is 4. The molecule has 0 aliphatic rings. The summed E-state index contributed by atoms with van der Waals surface area (Å²) in [5, 5.41) is 14.0. The highest BCUT2D eigenvalue weighted by molar-refractivity contribution is 9.09. The summed E-state index contributed by atoms with van der Waals surface area (Å²) >= 11 is 8.99. The molecule has 2 rings (SSSR count). The van der Waals surface area contributed by atoms with Crippen LogP contribution < -0.4 is 10.1 Å². The Kier molecular flexibility index (Phi) is 7.25. The third-order valence-electron chi connectivity index (χ3n) is 3.50. The standard InChI is InChI=1S/C17H13BrClF3N2O4/c18-5-6-23-16(25)8-10-7-12(2-3-14(10)24(26)27)28-15-4-1-11(9-13(15)19)17(20,21)22/h1-4,7,9H,5-6,8H2,(H,23,25). The summed E-state index contributed by atoms with van der Waals surface area (Å²) in [5.74, 6) is -0.388. The van der Waals surface area contributed by atoms with Crippen LogP contribution in [0.1, 0.15) is 11.1 Å². The van der Waals surface area contributed by atoms with E-state index in [9.17, 15) is 28.1 Å². The van der Waals surface area contributed by atoms with Crippen molar-refractivity contribution in [1.29, 1.82) is 0 Å². The third kappa shape index (κ3) is 5.83. The van der Waals surface area contributed by atoms with Gasteiger partial charge in [0.2, 0.25) is 5.91 Å². The lowest BCUT2D eigenvalue weighted by Gasteiger charge is -2.12. The van der Waals surface area contributed by atoms with Crippen molar-refractivity contribution in [3.05, 3.63) is 62.7 Å². The second-order valence-corrected chi connectivity index (χ2v) is 6.71. The Hall–Kier alpha value is -2.33. The van der Waals surface area contributed by atoms with Crippen LogP contribution in [0.25, 0.3) is 0 Å². The van der Waals surface area contributed by atoms with Crippen molar-refractivity contribution in [2.24, 2.45) is 0 Å². The van der Waals surface area contributed by atoms with Crippen LogP contribution in [0.2, 0.25) is 5.02 Å². The molecule has 150 valence electrons. The molecule has 0 fully saturated rings. The summed E-state index contributed by atoms with van der Waals surface area (Å²) < 4.78 is 43.6. The van der Waals surface area contributed by atoms with Gasteiger partial charge in [0.1, 0.15) is 11.5 Å². The van der Waals surface area contributed by atoms with Gasteiger partial charge >= 0.3 is 6.18 Å². The van der Waals surface area contributed by atoms with Crippen molar-refractivity contribution in [3.63, 3.8) is 0 Å². The highest BCUT2D eigenvalue weighted by Gasteiger charge is 2.31. The molecule has 0 aliphatic heterocycles. The Morgan fingerprint density at radius 3 is 2.54 bits per heavy atom. The fourth-order valence-electron chi connectivity index (χ4n) is 2.25. The Bertz CT molecular complexity index is 893. The first-order valence-electron chi connectivity index (χ1n) is 7.76. The molecule has 11 heteroatoms. The number of nitro benzene ring substituents is 1. The van der Waals surface area contributed by atoms with Gasteiger partial charge in [-0.25, -0.2) is 0 Å². The van der Waals surface area contributed by atoms with E-state index in [0.29, 0.717) is 11.9 Å². The summed E-state index contributed by atoms with van der Waals surface area (Å²) in [6.07, 6.45) is -4.81. The van der Waals surface area contributed by atoms with E-state index in [1.807, 2.05) is 0 Å². The number of nitro groups is 1. The molecule has 6 nitrogen and oxygen atoms in total. The number of amides is 1. The number of halogens is 5. The van der Waals surface area contributed by atoms with Gasteiger partial charge in [-0.2, -0.15) is 13.2 Å². The molecule has 0 aromatic heterocycles. The van der Waals surface area contributed by atoms with Crippen LogP contribution in [-0.4, -0.2) is 22.7 Å². The first kappa shape index (κ1) is 22.0. The summed E-state index contributed by atoms with van der Waals surface area (Å²) in [4.78, 5) is 22.4. The largest absolute Gasteiger partial charge is 0.456 e. The fraction of sp³-hybridized carbons (Fsp3) is 0.235. The Morgan fingerprint density at radius 1 is 1.25 bits per heavy atom. The molecule has 0 spiro atoms. The van der Waals surface area contributed by atoms with Gasteiger partial charge in [0.05, 0.1) is 21.9 Å². The van der Waals surface area contributed by atoms with Crippen LogP contribution in [0.4, 0.5) is 18.9 Å². The molecule has 0 radical (unpaired) electrons. The second-order valence-electron chi connectivity index (χ2n) is 5.51. The molecule has 0 atom stereocenters. The van der Waals surface area contributed by atoms with E-state index in [1.54, 1.807) is 0 Å². The van der Waals surface area contributed by atoms with E-state index in [4.69, 9.17) is 16.3 Å². The zero-order chi connectivity index (χ0) is 20.9. The number of alkyl halides is 4. The van der Waals surface area contributed by atoms with Gasteiger partial charge in [-0.05, 0) is 30.3 Å². The Balaban J connectivity index is 2.28. The minimum atomic E-state index is -4.55. The molecule has 0 saturated carbocycles. The second kappa shape index (κ2) is 9.24. The van der Waals surface area contributed by atoms with Gasteiger partial charge in [-0.15, -0.1) is 0 Å². The third-order valence-corrected chi connectivity index (χ3v) is 4.19. The summed E-state index contributed by atoms with van der Waals surface area (Å²) in [7, 11) is 0. The van der Waals surface area contributed by atoms with Crippen molar-refractivity contribution < 1.29 is 27.6 Å². The smallest absolute Gasteiger partial charge is 0.416 e. The molecule has 0 bridgehead atoms. The molecule has 0 aliphatic carbocycles. The number of ether oxygens (including phenoxy) is 1. The van der Waals surface area contributed by atoms with Crippen LogP contribution in [-0.2, 0) is 17.4 Å². The Labute approximate surface area is 170 Å². The highest BCUT2D eigenvalue weighted by Crippen LogP contribution is 2.37. The minimum absolute atomic E-state index is 0.0572. The van der Waals surface area contributed by atoms with Crippen molar-refractivity contribution >= 4 is 39.1 Å². The SMILES string of the molecule is O=C(Cc1cc(Oc2ccc(C(F)(F)F)cc2Cl)ccc1[N+](=O)[O-])NCCBr. The van der Waals surface area contributed by atoms with E-state index >= 15 is 0 Å². The van der Waals surface area contributed by atoms with Crippen LogP contribution in [0.3, 0.4) is 0 Å². The van der Waals surface area contributed by atoms with Gasteiger partial charge in [-0.3, -0.25) is 14.9 Å². The molecule has 1 amide bonds. The monoisotopic (exact) mass is 480 g/mol. The lowest BCUT2D eigenvalue weighted by atomic mass is 10.1. The zero-order valence-electron chi connectivity index (χ0n) is 14.1. The number of rotatable bonds is 7. The van der Waals surface area contributed by atoms with Crippen LogP contribution in [0.15, 0.2) is 36.4 Å². The number of hydrogen-bond donors (Lipinski definition) is 1. The van der Waals surface area contributed by atoms with E-state index in [0.717, 1.165) is 24.3 Å². The first-order valence-corrected chi connectivity index (χ1v) is 9.26. The first-order chi connectivity index (χ1) is 13.1. The predicted molar refractivity (Wildman–Crippen MR) is 100 cm³/mol. The van der Waals surface area contributed by atoms with Crippen LogP contribution in [0, 0.1) is 10.1 Å². The molecular formula is C17H13BrClF3N2O4. The van der Waals surface area contributed by atoms with Gasteiger partial charge in [0.25, 0.3) is 5.69 Å². The number of benzene rings is 2. The number of nitrogens with zero attached hydrogens (tertiary/aromatic N) is 1. The molecule has 0 heterocycles. The topological polar surface area (TPSA) is 81.5 Å². The van der Waals surface area contributed by atoms with E-state index in [1.165, 1.54) is 12.1 Å². The predicted octanol–water partition coefficient (Wildman–Crippen LogP) is 5.11. The lowest BCUT2D eigenvalue weighted by molar-refractivity contribution is -0.385. The summed E-state index contributed by atoms with van der Waals surface area (Å²) in [6, 6.07) is 6.28. The van der Waals surface area contributed by atoms with Crippen LogP contribution in [0.5, 0.6) is 11.5 Å². The average Bonchev–Trinajstić information content (AvgIpc) is 2.60. The number of carbonyl (C=O) groups excluding carboxylic acids is 1. The highest BCUT2D eigenvalue weighted by atomic mass is 79.9. The van der Waals surface area contributed by atoms with Gasteiger partial charge in [-0.1, -0.05) is 27.5 Å². The molecule has 2 aromatic carbocycles. The maximum Gasteiger partial charge on any atom is 0.416 e. The molecule has 0 saturated heterocycles. The normalized spacial score (nSPS) is 11.2. The molecule has 2 aromatic rings. The van der Waals surface area contributed by atoms with E-state index < -0.39 is 22.6 Å². The van der Waals surface area contributed by atoms with Crippen LogP contribution >= 0.6 is 27.5 Å². The fourth-order valence-corrected chi connectivity index (χ4v) is 2.67. The molecular weight excluding hydrogens is 469 g/mol. The number of carbonyl (C=O) groups is 1. The van der Waals surface area contributed by atoms with Gasteiger partial charge < -0.3 is 10.1 Å². The summed E-state index contributed by atoms with van der Waals surface area (Å²) in [5.41, 5.74) is -1.12. The molecule has 28 heavy (non-hydrogen) atoms. The van der Waals surface area contributed by atoms with Crippen molar-refractivity contribution in [2.75, 3.05) is 11.9 Å². The van der Waals surface area contributed by atoms with Gasteiger partial charge in [0, 0.05) is 23.5 Å². The lowest BCUT2D eigenvalue weighted by Crippen LogP contribution is -2.27. The van der Waals surface area contributed by atoms with E-state index in [-0.39, 0.29) is 34.2 Å². The molecule has 0 unspecified atom stereocenters. The Morgan fingerprint density at radius 2 is 1.96 bits per heavy atom.